The summed E-state index contributed by atoms with van der Waals surface area (Å²) in [5.74, 6) is -1.35. The molecule has 9 aliphatic rings. The van der Waals surface area contributed by atoms with Gasteiger partial charge >= 0.3 is 5.97 Å². The fraction of sp³-hybridized carbons (Fsp3) is 0.951. The standard InChI is InChI=1S/C61H102O28/c1-25(2)11-10-15-61(9,89-55-50(78)45(73)41(69)33(85-55)24-82-53-48(76)44(72)40(68)32(84-53)23-81-52-47(75)38(66)29(65)21-80-52)27-12-17-60(8)37(27)28(64)19-35-58(6)16-14-36(57(4,5)34(58)13-18-59(35,60)7)87-56-51(46(74)42(70)31(86-56)22-79-26(3)63)88-54-49(77)43(71)39(67)30(20-62)83-54/h11,27-56,62,64-78H,10,12-24H2,1-9H3/t27-,28+,29+,30+,31+,32+,33+,34-,35+,36-,37-,38+,39+,40+,41+,42+,43-,44-,45-,46-,47+,48+,49+,50+,51+,52+,53+,54-,55-,56-,58-,59+,60+,61-/m0/s1. The zero-order chi connectivity index (χ0) is 65.4. The van der Waals surface area contributed by atoms with Gasteiger partial charge in [0.25, 0.3) is 0 Å². The summed E-state index contributed by atoms with van der Waals surface area (Å²) in [6, 6.07) is 0. The molecule has 5 saturated heterocycles. The SMILES string of the molecule is CC(=O)OC[C@H]1O[C@@H](O[C@H]2CC[C@]3(C)[C@H]4C[C@@H](O)[C@@H]5[C@@H]([C@](C)(CCC=C(C)C)O[C@@H]6O[C@H](CO[C@@H]7O[C@H](CO[C@H]8OC[C@@H](O)[C@@H](O)[C@H]8O)[C@@H](O)[C@H](O)[C@H]7O)[C@@H](O)[C@H](O)[C@H]6O)CC[C@@]5(C)[C@]4(C)CC[C@H]3C2(C)C)[C@H](O[C@@H]2O[C@H](CO)[C@@H](O)[C@H](O)[C@H]2O)[C@@H](O)[C@@H]1O. The maximum absolute atomic E-state index is 13.0. The Bertz CT molecular complexity index is 2390. The molecule has 5 heterocycles. The highest BCUT2D eigenvalue weighted by Gasteiger charge is 2.72. The third-order valence-corrected chi connectivity index (χ3v) is 22.9. The average Bonchev–Trinajstić information content (AvgIpc) is 1.67. The highest BCUT2D eigenvalue weighted by molar-refractivity contribution is 5.65. The minimum Gasteiger partial charge on any atom is -0.463 e. The van der Waals surface area contributed by atoms with Gasteiger partial charge in [0.1, 0.15) is 123 Å². The third-order valence-electron chi connectivity index (χ3n) is 22.9. The van der Waals surface area contributed by atoms with Crippen molar-refractivity contribution in [2.45, 2.75) is 285 Å². The number of rotatable bonds is 19. The van der Waals surface area contributed by atoms with E-state index in [0.29, 0.717) is 44.9 Å². The van der Waals surface area contributed by atoms with Gasteiger partial charge in [-0.2, -0.15) is 0 Å². The van der Waals surface area contributed by atoms with Gasteiger partial charge in [0.05, 0.1) is 44.2 Å². The smallest absolute Gasteiger partial charge is 0.302 e. The lowest BCUT2D eigenvalue weighted by Crippen LogP contribution is -2.68. The number of hydrogen-bond donors (Lipinski definition) is 16. The number of aliphatic hydroxyl groups is 16. The van der Waals surface area contributed by atoms with Crippen molar-refractivity contribution in [1.29, 1.82) is 0 Å². The van der Waals surface area contributed by atoms with E-state index < -0.39 is 208 Å². The lowest BCUT2D eigenvalue weighted by atomic mass is 9.35. The first-order valence-corrected chi connectivity index (χ1v) is 31.7. The number of carbonyl (C=O) groups is 1. The van der Waals surface area contributed by atoms with E-state index in [1.165, 1.54) is 6.92 Å². The zero-order valence-electron chi connectivity index (χ0n) is 52.4. The van der Waals surface area contributed by atoms with Crippen molar-refractivity contribution in [2.75, 3.05) is 33.0 Å². The summed E-state index contributed by atoms with van der Waals surface area (Å²) in [4.78, 5) is 11.9. The van der Waals surface area contributed by atoms with Crippen LogP contribution in [-0.2, 0) is 56.9 Å². The third kappa shape index (κ3) is 13.4. The van der Waals surface area contributed by atoms with E-state index >= 15 is 0 Å². The molecule has 9 fully saturated rings. The van der Waals surface area contributed by atoms with Crippen LogP contribution in [0.1, 0.15) is 120 Å². The summed E-state index contributed by atoms with van der Waals surface area (Å²) in [6.45, 7) is 15.5. The molecule has 4 saturated carbocycles. The van der Waals surface area contributed by atoms with Crippen molar-refractivity contribution in [3.8, 4) is 0 Å². The fourth-order valence-electron chi connectivity index (χ4n) is 17.5. The Labute approximate surface area is 518 Å². The van der Waals surface area contributed by atoms with E-state index in [0.717, 1.165) is 18.4 Å². The van der Waals surface area contributed by atoms with Crippen LogP contribution in [0.25, 0.3) is 0 Å². The Morgan fingerprint density at radius 3 is 1.69 bits per heavy atom. The van der Waals surface area contributed by atoms with Gasteiger partial charge in [-0.3, -0.25) is 4.79 Å². The number of hydrogen-bond acceptors (Lipinski definition) is 28. The summed E-state index contributed by atoms with van der Waals surface area (Å²) in [7, 11) is 0. The molecule has 0 aromatic heterocycles. The van der Waals surface area contributed by atoms with Crippen LogP contribution in [0.3, 0.4) is 0 Å². The lowest BCUT2D eigenvalue weighted by molar-refractivity contribution is -0.378. The first kappa shape index (κ1) is 71.5. The molecule has 34 atom stereocenters. The average molecular weight is 1280 g/mol. The summed E-state index contributed by atoms with van der Waals surface area (Å²) in [5.41, 5.74) is -1.90. The minimum atomic E-state index is -1.86. The van der Waals surface area contributed by atoms with Gasteiger partial charge in [-0.25, -0.2) is 0 Å². The van der Waals surface area contributed by atoms with Crippen LogP contribution in [0.15, 0.2) is 11.6 Å². The quantitative estimate of drug-likeness (QED) is 0.0345. The maximum atomic E-state index is 13.0. The highest BCUT2D eigenvalue weighted by atomic mass is 16.8. The molecule has 0 spiro atoms. The van der Waals surface area contributed by atoms with Gasteiger partial charge in [0.15, 0.2) is 31.5 Å². The predicted octanol–water partition coefficient (Wildman–Crippen LogP) is -3.17. The van der Waals surface area contributed by atoms with E-state index in [9.17, 15) is 86.5 Å². The zero-order valence-corrected chi connectivity index (χ0v) is 52.4. The van der Waals surface area contributed by atoms with Gasteiger partial charge in [0, 0.05) is 6.92 Å². The summed E-state index contributed by atoms with van der Waals surface area (Å²) >= 11 is 0. The Morgan fingerprint density at radius 1 is 0.539 bits per heavy atom. The normalized spacial score (nSPS) is 51.5. The van der Waals surface area contributed by atoms with Crippen LogP contribution in [0.2, 0.25) is 0 Å². The van der Waals surface area contributed by atoms with Crippen LogP contribution in [-0.4, -0.2) is 286 Å². The van der Waals surface area contributed by atoms with E-state index in [1.807, 2.05) is 20.8 Å². The summed E-state index contributed by atoms with van der Waals surface area (Å²) in [5, 5.41) is 175. The topological polar surface area (TPSA) is 442 Å². The Morgan fingerprint density at radius 2 is 1.07 bits per heavy atom. The molecule has 0 radical (unpaired) electrons. The van der Waals surface area contributed by atoms with Crippen molar-refractivity contribution < 1.29 is 139 Å². The number of carbonyl (C=O) groups excluding carboxylic acids is 1. The number of ether oxygens (including phenoxy) is 11. The molecule has 4 aliphatic carbocycles. The van der Waals surface area contributed by atoms with Gasteiger partial charge in [0.2, 0.25) is 0 Å². The van der Waals surface area contributed by atoms with Crippen LogP contribution < -0.4 is 0 Å². The minimum absolute atomic E-state index is 0.0114. The predicted molar refractivity (Wildman–Crippen MR) is 302 cm³/mol. The van der Waals surface area contributed by atoms with Gasteiger partial charge in [-0.15, -0.1) is 0 Å². The first-order chi connectivity index (χ1) is 41.6. The summed E-state index contributed by atoms with van der Waals surface area (Å²) < 4.78 is 65.9. The van der Waals surface area contributed by atoms with Gasteiger partial charge in [-0.1, -0.05) is 46.3 Å². The van der Waals surface area contributed by atoms with Crippen molar-refractivity contribution in [3.05, 3.63) is 11.6 Å². The number of fused-ring (bicyclic) bond motifs is 5. The molecular formula is C61H102O28. The molecule has 28 heteroatoms. The molecule has 89 heavy (non-hydrogen) atoms. The lowest BCUT2D eigenvalue weighted by Gasteiger charge is -2.71. The van der Waals surface area contributed by atoms with Crippen LogP contribution >= 0.6 is 0 Å². The summed E-state index contributed by atoms with van der Waals surface area (Å²) in [6.07, 6.45) is -33.2. The molecule has 28 nitrogen and oxygen atoms in total. The fourth-order valence-corrected chi connectivity index (χ4v) is 17.5. The van der Waals surface area contributed by atoms with Crippen molar-refractivity contribution in [1.82, 2.24) is 0 Å². The maximum Gasteiger partial charge on any atom is 0.302 e. The molecule has 16 N–H and O–H groups in total. The number of allylic oxidation sites excluding steroid dienone is 2. The van der Waals surface area contributed by atoms with Gasteiger partial charge < -0.3 is 134 Å². The first-order valence-electron chi connectivity index (χ1n) is 31.7. The van der Waals surface area contributed by atoms with Crippen molar-refractivity contribution >= 4 is 5.97 Å². The number of esters is 1. The molecule has 0 aromatic carbocycles. The van der Waals surface area contributed by atoms with E-state index in [2.05, 4.69) is 40.7 Å². The van der Waals surface area contributed by atoms with Crippen LogP contribution in [0.4, 0.5) is 0 Å². The molecular weight excluding hydrogens is 1180 g/mol. The van der Waals surface area contributed by atoms with E-state index in [4.69, 9.17) is 52.1 Å². The molecule has 9 rings (SSSR count). The largest absolute Gasteiger partial charge is 0.463 e. The molecule has 514 valence electrons. The molecule has 5 aliphatic heterocycles. The second-order valence-electron chi connectivity index (χ2n) is 28.8. The molecule has 0 unspecified atom stereocenters. The molecule has 0 bridgehead atoms. The Hall–Kier alpha value is -1.83. The Balaban J connectivity index is 0.909. The van der Waals surface area contributed by atoms with Crippen LogP contribution in [0, 0.1) is 45.3 Å². The van der Waals surface area contributed by atoms with E-state index in [1.54, 1.807) is 0 Å². The molecule has 0 amide bonds. The molecule has 0 aromatic rings. The second-order valence-corrected chi connectivity index (χ2v) is 28.8. The van der Waals surface area contributed by atoms with Crippen molar-refractivity contribution in [2.24, 2.45) is 45.3 Å². The number of aliphatic hydroxyl groups excluding tert-OH is 16. The van der Waals surface area contributed by atoms with Gasteiger partial charge in [-0.05, 0) is 124 Å². The monoisotopic (exact) mass is 1280 g/mol. The Kier molecular flexibility index (Phi) is 22.3. The van der Waals surface area contributed by atoms with Crippen molar-refractivity contribution in [3.63, 3.8) is 0 Å². The second kappa shape index (κ2) is 27.7. The van der Waals surface area contributed by atoms with Crippen LogP contribution in [0.5, 0.6) is 0 Å². The van der Waals surface area contributed by atoms with E-state index in [-0.39, 0.29) is 41.1 Å². The highest BCUT2D eigenvalue weighted by Crippen LogP contribution is 2.76.